The predicted octanol–water partition coefficient (Wildman–Crippen LogP) is 0.395. The van der Waals surface area contributed by atoms with Crippen LogP contribution >= 0.6 is 0 Å². The van der Waals surface area contributed by atoms with Crippen LogP contribution in [0.5, 0.6) is 0 Å². The molecule has 1 aromatic heterocycles. The molecule has 1 atom stereocenters. The maximum atomic E-state index is 9.23. The molecule has 0 aliphatic carbocycles. The zero-order chi connectivity index (χ0) is 8.43. The molecule has 0 saturated heterocycles. The van der Waals surface area contributed by atoms with Gasteiger partial charge in [0.1, 0.15) is 0 Å². The fourth-order valence-electron chi connectivity index (χ4n) is 0.972. The van der Waals surface area contributed by atoms with E-state index in [-0.39, 0.29) is 0 Å². The van der Waals surface area contributed by atoms with Gasteiger partial charge in [0.05, 0.1) is 11.4 Å². The molecule has 0 radical (unpaired) electrons. The zero-order valence-corrected chi connectivity index (χ0v) is 6.57. The quantitative estimate of drug-likeness (QED) is 0.588. The summed E-state index contributed by atoms with van der Waals surface area (Å²) in [4.78, 5) is 0. The number of aliphatic hydroxyl groups is 1. The van der Waals surface area contributed by atoms with E-state index in [0.29, 0.717) is 5.69 Å². The fourth-order valence-corrected chi connectivity index (χ4v) is 0.972. The Hall–Kier alpha value is -1.27. The van der Waals surface area contributed by atoms with Gasteiger partial charge in [0.25, 0.3) is 0 Å². The normalized spacial score (nSPS) is 12.5. The highest BCUT2D eigenvalue weighted by Crippen LogP contribution is 2.11. The predicted molar refractivity (Wildman–Crippen MR) is 41.7 cm³/mol. The van der Waals surface area contributed by atoms with Crippen molar-refractivity contribution in [2.45, 2.75) is 13.0 Å². The van der Waals surface area contributed by atoms with E-state index in [1.165, 1.54) is 0 Å². The Balaban J connectivity index is 3.05. The van der Waals surface area contributed by atoms with Crippen LogP contribution < -0.4 is 0 Å². The number of hydrogen-bond donors (Lipinski definition) is 1. The van der Waals surface area contributed by atoms with Crippen LogP contribution in [0.25, 0.3) is 0 Å². The Morgan fingerprint density at radius 2 is 2.45 bits per heavy atom. The third kappa shape index (κ3) is 1.41. The third-order valence-electron chi connectivity index (χ3n) is 1.48. The molecule has 1 rings (SSSR count). The van der Waals surface area contributed by atoms with Gasteiger partial charge in [0.15, 0.2) is 6.10 Å². The summed E-state index contributed by atoms with van der Waals surface area (Å²) >= 11 is 0. The highest BCUT2D eigenvalue weighted by atomic mass is 16.3. The van der Waals surface area contributed by atoms with Gasteiger partial charge in [-0.05, 0) is 13.0 Å². The number of rotatable bonds is 1. The third-order valence-corrected chi connectivity index (χ3v) is 1.48. The average Bonchev–Trinajstić information content (AvgIpc) is 2.28. The molecule has 0 aromatic carbocycles. The SMILES string of the molecule is C#CC(O)c1cc(C)nn1C. The maximum absolute atomic E-state index is 9.23. The van der Waals surface area contributed by atoms with Crippen LogP contribution in [-0.2, 0) is 7.05 Å². The van der Waals surface area contributed by atoms with E-state index in [1.54, 1.807) is 17.8 Å². The molecule has 0 amide bonds. The van der Waals surface area contributed by atoms with E-state index >= 15 is 0 Å². The van der Waals surface area contributed by atoms with Crippen molar-refractivity contribution in [1.82, 2.24) is 9.78 Å². The maximum Gasteiger partial charge on any atom is 0.156 e. The van der Waals surface area contributed by atoms with Crippen molar-refractivity contribution in [3.8, 4) is 12.3 Å². The van der Waals surface area contributed by atoms with Crippen molar-refractivity contribution in [3.63, 3.8) is 0 Å². The second-order valence-corrected chi connectivity index (χ2v) is 2.40. The summed E-state index contributed by atoms with van der Waals surface area (Å²) in [7, 11) is 1.75. The standard InChI is InChI=1S/C8H10N2O/c1-4-8(11)7-5-6(2)9-10(7)3/h1,5,8,11H,2-3H3. The minimum Gasteiger partial charge on any atom is -0.374 e. The minimum absolute atomic E-state index is 0.657. The summed E-state index contributed by atoms with van der Waals surface area (Å²) in [5.41, 5.74) is 1.52. The number of aliphatic hydroxyl groups excluding tert-OH is 1. The largest absolute Gasteiger partial charge is 0.374 e. The second-order valence-electron chi connectivity index (χ2n) is 2.40. The summed E-state index contributed by atoms with van der Waals surface area (Å²) in [5.74, 6) is 2.23. The molecule has 0 saturated carbocycles. The van der Waals surface area contributed by atoms with Crippen LogP contribution in [0.15, 0.2) is 6.07 Å². The number of hydrogen-bond acceptors (Lipinski definition) is 2. The lowest BCUT2D eigenvalue weighted by molar-refractivity contribution is 0.228. The first-order valence-electron chi connectivity index (χ1n) is 3.30. The van der Waals surface area contributed by atoms with E-state index in [2.05, 4.69) is 11.0 Å². The molecule has 0 spiro atoms. The Morgan fingerprint density at radius 3 is 2.82 bits per heavy atom. The van der Waals surface area contributed by atoms with Crippen LogP contribution in [0.2, 0.25) is 0 Å². The molecule has 0 aliphatic heterocycles. The smallest absolute Gasteiger partial charge is 0.156 e. The molecule has 0 bridgehead atoms. The fraction of sp³-hybridized carbons (Fsp3) is 0.375. The van der Waals surface area contributed by atoms with E-state index in [9.17, 15) is 5.11 Å². The van der Waals surface area contributed by atoms with Crippen LogP contribution in [0.4, 0.5) is 0 Å². The number of aryl methyl sites for hydroxylation is 2. The number of terminal acetylenes is 1. The Kier molecular flexibility index (Phi) is 1.97. The molecule has 1 heterocycles. The molecule has 1 aromatic rings. The lowest BCUT2D eigenvalue weighted by Crippen LogP contribution is -2.02. The average molecular weight is 150 g/mol. The Bertz CT molecular complexity index is 296. The minimum atomic E-state index is -0.846. The van der Waals surface area contributed by atoms with Crippen molar-refractivity contribution >= 4 is 0 Å². The summed E-state index contributed by atoms with van der Waals surface area (Å²) in [6.45, 7) is 1.85. The highest BCUT2D eigenvalue weighted by molar-refractivity contribution is 5.18. The van der Waals surface area contributed by atoms with E-state index in [0.717, 1.165) is 5.69 Å². The molecular formula is C8H10N2O. The van der Waals surface area contributed by atoms with Gasteiger partial charge in [-0.25, -0.2) is 0 Å². The Labute approximate surface area is 65.7 Å². The van der Waals surface area contributed by atoms with Crippen LogP contribution in [0.1, 0.15) is 17.5 Å². The monoisotopic (exact) mass is 150 g/mol. The van der Waals surface area contributed by atoms with Gasteiger partial charge in [0.2, 0.25) is 0 Å². The summed E-state index contributed by atoms with van der Waals surface area (Å²) in [5, 5.41) is 13.3. The molecule has 3 nitrogen and oxygen atoms in total. The van der Waals surface area contributed by atoms with Gasteiger partial charge >= 0.3 is 0 Å². The summed E-state index contributed by atoms with van der Waals surface area (Å²) in [6, 6.07) is 1.77. The van der Waals surface area contributed by atoms with Crippen LogP contribution in [0.3, 0.4) is 0 Å². The second kappa shape index (κ2) is 2.77. The van der Waals surface area contributed by atoms with Crippen molar-refractivity contribution < 1.29 is 5.11 Å². The lowest BCUT2D eigenvalue weighted by atomic mass is 10.2. The van der Waals surface area contributed by atoms with Crippen LogP contribution in [0, 0.1) is 19.3 Å². The topological polar surface area (TPSA) is 38.1 Å². The summed E-state index contributed by atoms with van der Waals surface area (Å²) in [6.07, 6.45) is 4.19. The molecule has 0 fully saturated rings. The van der Waals surface area contributed by atoms with E-state index in [4.69, 9.17) is 6.42 Å². The first-order valence-corrected chi connectivity index (χ1v) is 3.30. The van der Waals surface area contributed by atoms with Gasteiger partial charge in [-0.15, -0.1) is 6.42 Å². The molecule has 58 valence electrons. The molecular weight excluding hydrogens is 140 g/mol. The van der Waals surface area contributed by atoms with Gasteiger partial charge in [0, 0.05) is 7.05 Å². The highest BCUT2D eigenvalue weighted by Gasteiger charge is 2.08. The van der Waals surface area contributed by atoms with Gasteiger partial charge in [-0.3, -0.25) is 4.68 Å². The van der Waals surface area contributed by atoms with E-state index in [1.807, 2.05) is 6.92 Å². The van der Waals surface area contributed by atoms with Gasteiger partial charge in [-0.2, -0.15) is 5.10 Å². The lowest BCUT2D eigenvalue weighted by Gasteiger charge is -2.01. The molecule has 1 unspecified atom stereocenters. The molecule has 0 aliphatic rings. The van der Waals surface area contributed by atoms with Gasteiger partial charge in [-0.1, -0.05) is 5.92 Å². The Morgan fingerprint density at radius 1 is 1.82 bits per heavy atom. The number of nitrogens with zero attached hydrogens (tertiary/aromatic N) is 2. The first-order chi connectivity index (χ1) is 5.15. The first kappa shape index (κ1) is 7.83. The van der Waals surface area contributed by atoms with Crippen molar-refractivity contribution in [2.24, 2.45) is 7.05 Å². The molecule has 3 heteroatoms. The van der Waals surface area contributed by atoms with E-state index < -0.39 is 6.10 Å². The number of aromatic nitrogens is 2. The molecule has 11 heavy (non-hydrogen) atoms. The van der Waals surface area contributed by atoms with Gasteiger partial charge < -0.3 is 5.11 Å². The van der Waals surface area contributed by atoms with Crippen LogP contribution in [-0.4, -0.2) is 14.9 Å². The van der Waals surface area contributed by atoms with Crippen molar-refractivity contribution in [1.29, 1.82) is 0 Å². The molecule has 1 N–H and O–H groups in total. The van der Waals surface area contributed by atoms with Crippen molar-refractivity contribution in [2.75, 3.05) is 0 Å². The van der Waals surface area contributed by atoms with Crippen molar-refractivity contribution in [3.05, 3.63) is 17.5 Å². The summed E-state index contributed by atoms with van der Waals surface area (Å²) < 4.78 is 1.58. The zero-order valence-electron chi connectivity index (χ0n) is 6.57.